The highest BCUT2D eigenvalue weighted by molar-refractivity contribution is 6.30. The Morgan fingerprint density at radius 2 is 2.32 bits per heavy atom. The molecule has 1 atom stereocenters. The van der Waals surface area contributed by atoms with Crippen LogP contribution in [-0.4, -0.2) is 27.9 Å². The van der Waals surface area contributed by atoms with Gasteiger partial charge in [0.1, 0.15) is 18.2 Å². The summed E-state index contributed by atoms with van der Waals surface area (Å²) in [7, 11) is 0. The molecule has 3 rings (SSSR count). The molecule has 1 aromatic carbocycles. The maximum absolute atomic E-state index is 9.34. The monoisotopic (exact) mass is 315 g/mol. The van der Waals surface area contributed by atoms with Crippen molar-refractivity contribution in [2.24, 2.45) is 0 Å². The Labute approximate surface area is 135 Å². The first-order chi connectivity index (χ1) is 10.7. The topological polar surface area (TPSA) is 57.7 Å². The van der Waals surface area contributed by atoms with Gasteiger partial charge < -0.3 is 9.47 Å². The molecular formula is C16H18ClN5. The Morgan fingerprint density at radius 3 is 3.09 bits per heavy atom. The van der Waals surface area contributed by atoms with Gasteiger partial charge in [-0.1, -0.05) is 11.6 Å². The molecule has 114 valence electrons. The van der Waals surface area contributed by atoms with E-state index in [1.54, 1.807) is 12.4 Å². The molecule has 1 saturated heterocycles. The first-order valence-electron chi connectivity index (χ1n) is 7.55. The van der Waals surface area contributed by atoms with E-state index in [0.29, 0.717) is 16.5 Å². The molecule has 2 aromatic rings. The van der Waals surface area contributed by atoms with Gasteiger partial charge in [0, 0.05) is 30.6 Å². The van der Waals surface area contributed by atoms with E-state index in [9.17, 15) is 5.26 Å². The SMILES string of the molecule is CCn1cnnc1[C@H]1CCCN(c2ccc(Cl)cc2C#N)C1. The lowest BCUT2D eigenvalue weighted by Crippen LogP contribution is -2.35. The average molecular weight is 316 g/mol. The van der Waals surface area contributed by atoms with E-state index >= 15 is 0 Å². The second-order valence-electron chi connectivity index (χ2n) is 5.53. The van der Waals surface area contributed by atoms with E-state index in [1.165, 1.54) is 0 Å². The van der Waals surface area contributed by atoms with Crippen LogP contribution in [0.5, 0.6) is 0 Å². The third-order valence-corrected chi connectivity index (χ3v) is 4.43. The number of hydrogen-bond acceptors (Lipinski definition) is 4. The van der Waals surface area contributed by atoms with Gasteiger partial charge in [-0.25, -0.2) is 0 Å². The zero-order valence-corrected chi connectivity index (χ0v) is 13.3. The van der Waals surface area contributed by atoms with E-state index < -0.39 is 0 Å². The summed E-state index contributed by atoms with van der Waals surface area (Å²) < 4.78 is 2.10. The first kappa shape index (κ1) is 14.9. The number of hydrogen-bond donors (Lipinski definition) is 0. The molecule has 22 heavy (non-hydrogen) atoms. The standard InChI is InChI=1S/C16H18ClN5/c1-2-21-11-19-20-16(21)12-4-3-7-22(10-12)15-6-5-14(17)8-13(15)9-18/h5-6,8,11-12H,2-4,7,10H2,1H3/t12-/m0/s1. The van der Waals surface area contributed by atoms with Crippen molar-refractivity contribution in [1.82, 2.24) is 14.8 Å². The number of rotatable bonds is 3. The second-order valence-corrected chi connectivity index (χ2v) is 5.97. The molecule has 1 aromatic heterocycles. The third-order valence-electron chi connectivity index (χ3n) is 4.19. The van der Waals surface area contributed by atoms with Gasteiger partial charge in [-0.05, 0) is 38.0 Å². The molecule has 0 amide bonds. The van der Waals surface area contributed by atoms with Gasteiger partial charge in [0.15, 0.2) is 0 Å². The molecule has 1 fully saturated rings. The van der Waals surface area contributed by atoms with E-state index in [0.717, 1.165) is 44.0 Å². The van der Waals surface area contributed by atoms with Crippen LogP contribution in [-0.2, 0) is 6.54 Å². The molecule has 0 radical (unpaired) electrons. The van der Waals surface area contributed by atoms with Crippen LogP contribution >= 0.6 is 11.6 Å². The zero-order chi connectivity index (χ0) is 15.5. The number of aryl methyl sites for hydroxylation is 1. The van der Waals surface area contributed by atoms with Gasteiger partial charge in [0.2, 0.25) is 0 Å². The second kappa shape index (κ2) is 6.37. The smallest absolute Gasteiger partial charge is 0.137 e. The lowest BCUT2D eigenvalue weighted by Gasteiger charge is -2.34. The summed E-state index contributed by atoms with van der Waals surface area (Å²) in [5.74, 6) is 1.39. The summed E-state index contributed by atoms with van der Waals surface area (Å²) in [5.41, 5.74) is 1.59. The number of piperidine rings is 1. The Hall–Kier alpha value is -2.06. The minimum Gasteiger partial charge on any atom is -0.370 e. The number of aromatic nitrogens is 3. The van der Waals surface area contributed by atoms with Gasteiger partial charge in [0.25, 0.3) is 0 Å². The largest absolute Gasteiger partial charge is 0.370 e. The highest BCUT2D eigenvalue weighted by Gasteiger charge is 2.26. The minimum atomic E-state index is 0.346. The van der Waals surface area contributed by atoms with Crippen molar-refractivity contribution in [3.05, 3.63) is 40.9 Å². The van der Waals surface area contributed by atoms with Crippen LogP contribution < -0.4 is 4.90 Å². The average Bonchev–Trinajstić information content (AvgIpc) is 3.03. The maximum atomic E-state index is 9.34. The number of benzene rings is 1. The molecular weight excluding hydrogens is 298 g/mol. The highest BCUT2D eigenvalue weighted by Crippen LogP contribution is 2.31. The van der Waals surface area contributed by atoms with E-state index in [4.69, 9.17) is 11.6 Å². The maximum Gasteiger partial charge on any atom is 0.137 e. The fourth-order valence-corrected chi connectivity index (χ4v) is 3.28. The summed E-state index contributed by atoms with van der Waals surface area (Å²) in [6.07, 6.45) is 3.97. The summed E-state index contributed by atoms with van der Waals surface area (Å²) in [5, 5.41) is 18.3. The van der Waals surface area contributed by atoms with Gasteiger partial charge >= 0.3 is 0 Å². The molecule has 0 bridgehead atoms. The van der Waals surface area contributed by atoms with Crippen LogP contribution in [0.4, 0.5) is 5.69 Å². The van der Waals surface area contributed by atoms with E-state index in [2.05, 4.69) is 32.7 Å². The van der Waals surface area contributed by atoms with E-state index in [-0.39, 0.29) is 0 Å². The van der Waals surface area contributed by atoms with Gasteiger partial charge in [-0.15, -0.1) is 10.2 Å². The van der Waals surface area contributed by atoms with Crippen molar-refractivity contribution in [1.29, 1.82) is 5.26 Å². The fourth-order valence-electron chi connectivity index (χ4n) is 3.10. The number of anilines is 1. The molecule has 0 spiro atoms. The van der Waals surface area contributed by atoms with Crippen molar-refractivity contribution in [2.75, 3.05) is 18.0 Å². The quantitative estimate of drug-likeness (QED) is 0.872. The zero-order valence-electron chi connectivity index (χ0n) is 12.5. The normalized spacial score (nSPS) is 18.2. The van der Waals surface area contributed by atoms with Gasteiger partial charge in [-0.3, -0.25) is 0 Å². The van der Waals surface area contributed by atoms with E-state index in [1.807, 2.05) is 12.1 Å². The summed E-state index contributed by atoms with van der Waals surface area (Å²) in [6, 6.07) is 7.76. The molecule has 6 heteroatoms. The fraction of sp³-hybridized carbons (Fsp3) is 0.438. The Bertz CT molecular complexity index is 703. The van der Waals surface area contributed by atoms with Gasteiger partial charge in [0.05, 0.1) is 11.3 Å². The Kier molecular flexibility index (Phi) is 4.30. The highest BCUT2D eigenvalue weighted by atomic mass is 35.5. The first-order valence-corrected chi connectivity index (χ1v) is 7.93. The summed E-state index contributed by atoms with van der Waals surface area (Å²) in [4.78, 5) is 2.26. The molecule has 0 N–H and O–H groups in total. The third kappa shape index (κ3) is 2.79. The number of halogens is 1. The molecule has 5 nitrogen and oxygen atoms in total. The lowest BCUT2D eigenvalue weighted by molar-refractivity contribution is 0.473. The van der Waals surface area contributed by atoms with Gasteiger partial charge in [-0.2, -0.15) is 5.26 Å². The predicted octanol–water partition coefficient (Wildman–Crippen LogP) is 3.21. The number of nitriles is 1. The number of nitrogens with zero attached hydrogens (tertiary/aromatic N) is 5. The Balaban J connectivity index is 1.86. The van der Waals surface area contributed by atoms with Crippen LogP contribution in [0.15, 0.2) is 24.5 Å². The molecule has 0 aliphatic carbocycles. The van der Waals surface area contributed by atoms with Crippen molar-refractivity contribution < 1.29 is 0 Å². The van der Waals surface area contributed by atoms with Crippen LogP contribution in [0.3, 0.4) is 0 Å². The lowest BCUT2D eigenvalue weighted by atomic mass is 9.96. The Morgan fingerprint density at radius 1 is 1.45 bits per heavy atom. The molecule has 0 unspecified atom stereocenters. The van der Waals surface area contributed by atoms with Crippen molar-refractivity contribution in [3.63, 3.8) is 0 Å². The van der Waals surface area contributed by atoms with Crippen molar-refractivity contribution >= 4 is 17.3 Å². The summed E-state index contributed by atoms with van der Waals surface area (Å²) in [6.45, 7) is 4.78. The molecule has 2 heterocycles. The predicted molar refractivity (Wildman–Crippen MR) is 86.1 cm³/mol. The van der Waals surface area contributed by atoms with Crippen LogP contribution in [0.1, 0.15) is 37.1 Å². The van der Waals surface area contributed by atoms with Crippen LogP contribution in [0, 0.1) is 11.3 Å². The summed E-state index contributed by atoms with van der Waals surface area (Å²) >= 11 is 5.99. The van der Waals surface area contributed by atoms with Crippen LogP contribution in [0.2, 0.25) is 5.02 Å². The molecule has 1 aliphatic rings. The minimum absolute atomic E-state index is 0.346. The molecule has 1 aliphatic heterocycles. The van der Waals surface area contributed by atoms with Crippen LogP contribution in [0.25, 0.3) is 0 Å². The molecule has 0 saturated carbocycles. The van der Waals surface area contributed by atoms with Crippen molar-refractivity contribution in [2.45, 2.75) is 32.2 Å². The van der Waals surface area contributed by atoms with Crippen molar-refractivity contribution in [3.8, 4) is 6.07 Å².